The standard InChI is InChI=1S/C22H22ClN5O2/c1-12(2)11-30-15-6-7-17(23)16(10-15)21-27-26-20-13(3)25-18-8-5-14(22(29)24-4)9-19(18)28(20)21/h5-10,12H,11H2,1-4H3,(H,24,29)/p+1. The Bertz CT molecular complexity index is 1270. The molecular weight excluding hydrogens is 402 g/mol. The third kappa shape index (κ3) is 3.57. The second kappa shape index (κ2) is 7.91. The van der Waals surface area contributed by atoms with E-state index in [-0.39, 0.29) is 5.91 Å². The quantitative estimate of drug-likeness (QED) is 0.478. The van der Waals surface area contributed by atoms with Gasteiger partial charge in [-0.05, 0) is 49.2 Å². The van der Waals surface area contributed by atoms with Crippen molar-refractivity contribution in [3.8, 4) is 17.1 Å². The topological polar surface area (TPSA) is 84.0 Å². The van der Waals surface area contributed by atoms with Crippen molar-refractivity contribution in [3.63, 3.8) is 0 Å². The molecule has 1 amide bonds. The molecule has 4 aromatic rings. The number of hydrogen-bond acceptors (Lipinski definition) is 4. The van der Waals surface area contributed by atoms with Crippen molar-refractivity contribution < 1.29 is 13.9 Å². The fraction of sp³-hybridized carbons (Fsp3) is 0.273. The van der Waals surface area contributed by atoms with Crippen LogP contribution >= 0.6 is 11.6 Å². The predicted octanol–water partition coefficient (Wildman–Crippen LogP) is 3.72. The molecule has 4 rings (SSSR count). The van der Waals surface area contributed by atoms with Gasteiger partial charge in [0.1, 0.15) is 22.5 Å². The van der Waals surface area contributed by atoms with E-state index in [4.69, 9.17) is 16.3 Å². The third-order valence-corrected chi connectivity index (χ3v) is 5.13. The zero-order chi connectivity index (χ0) is 21.4. The lowest BCUT2D eigenvalue weighted by molar-refractivity contribution is -0.469. The van der Waals surface area contributed by atoms with Crippen molar-refractivity contribution in [2.75, 3.05) is 13.7 Å². The van der Waals surface area contributed by atoms with E-state index in [1.807, 2.05) is 29.5 Å². The van der Waals surface area contributed by atoms with Crippen molar-refractivity contribution in [2.45, 2.75) is 20.8 Å². The Hall–Kier alpha value is -3.19. The van der Waals surface area contributed by atoms with Crippen LogP contribution in [0.1, 0.15) is 29.9 Å². The summed E-state index contributed by atoms with van der Waals surface area (Å²) in [5, 5.41) is 10.8. The van der Waals surface area contributed by atoms with Crippen LogP contribution in [0.2, 0.25) is 5.02 Å². The van der Waals surface area contributed by atoms with Crippen LogP contribution in [0.25, 0.3) is 28.1 Å². The summed E-state index contributed by atoms with van der Waals surface area (Å²) in [6, 6.07) is 10.9. The van der Waals surface area contributed by atoms with E-state index in [1.165, 1.54) is 0 Å². The number of benzene rings is 2. The number of nitrogens with zero attached hydrogens (tertiary/aromatic N) is 3. The van der Waals surface area contributed by atoms with E-state index in [2.05, 4.69) is 34.3 Å². The molecule has 0 saturated heterocycles. The van der Waals surface area contributed by atoms with Gasteiger partial charge in [-0.25, -0.2) is 4.98 Å². The first-order valence-corrected chi connectivity index (χ1v) is 10.1. The van der Waals surface area contributed by atoms with E-state index in [0.717, 1.165) is 33.7 Å². The summed E-state index contributed by atoms with van der Waals surface area (Å²) in [4.78, 5) is 16.8. The number of H-pyrrole nitrogens is 1. The Morgan fingerprint density at radius 2 is 2.07 bits per heavy atom. The summed E-state index contributed by atoms with van der Waals surface area (Å²) in [6.07, 6.45) is 0. The first-order chi connectivity index (χ1) is 14.4. The van der Waals surface area contributed by atoms with Crippen molar-refractivity contribution in [1.29, 1.82) is 0 Å². The largest absolute Gasteiger partial charge is 0.493 e. The molecule has 0 fully saturated rings. The maximum Gasteiger partial charge on any atom is 0.315 e. The molecule has 154 valence electrons. The second-order valence-electron chi connectivity index (χ2n) is 7.56. The summed E-state index contributed by atoms with van der Waals surface area (Å²) >= 11 is 6.54. The highest BCUT2D eigenvalue weighted by Gasteiger charge is 2.24. The highest BCUT2D eigenvalue weighted by atomic mass is 35.5. The minimum atomic E-state index is -0.168. The fourth-order valence-corrected chi connectivity index (χ4v) is 3.52. The Morgan fingerprint density at radius 1 is 1.27 bits per heavy atom. The van der Waals surface area contributed by atoms with E-state index < -0.39 is 0 Å². The molecule has 0 aliphatic heterocycles. The van der Waals surface area contributed by atoms with Gasteiger partial charge in [0.2, 0.25) is 0 Å². The van der Waals surface area contributed by atoms with Crippen LogP contribution < -0.4 is 14.5 Å². The van der Waals surface area contributed by atoms with Gasteiger partial charge in [-0.3, -0.25) is 4.79 Å². The van der Waals surface area contributed by atoms with E-state index >= 15 is 0 Å². The van der Waals surface area contributed by atoms with Gasteiger partial charge in [0.15, 0.2) is 0 Å². The summed E-state index contributed by atoms with van der Waals surface area (Å²) in [5.74, 6) is 1.58. The van der Waals surface area contributed by atoms with E-state index in [0.29, 0.717) is 28.9 Å². The number of amides is 1. The second-order valence-corrected chi connectivity index (χ2v) is 7.96. The van der Waals surface area contributed by atoms with Crippen LogP contribution in [-0.2, 0) is 0 Å². The lowest BCUT2D eigenvalue weighted by atomic mass is 10.1. The molecule has 2 aromatic heterocycles. The smallest absolute Gasteiger partial charge is 0.315 e. The maximum absolute atomic E-state index is 12.2. The Kier molecular flexibility index (Phi) is 5.30. The molecule has 30 heavy (non-hydrogen) atoms. The first kappa shape index (κ1) is 20.1. The molecule has 0 aliphatic rings. The molecule has 2 heterocycles. The Morgan fingerprint density at radius 3 is 2.80 bits per heavy atom. The Balaban J connectivity index is 1.96. The maximum atomic E-state index is 12.2. The zero-order valence-corrected chi connectivity index (χ0v) is 18.0. The van der Waals surface area contributed by atoms with Gasteiger partial charge in [-0.1, -0.05) is 25.4 Å². The summed E-state index contributed by atoms with van der Waals surface area (Å²) in [5.41, 5.74) is 4.30. The summed E-state index contributed by atoms with van der Waals surface area (Å²) in [7, 11) is 1.61. The Labute approximate surface area is 179 Å². The van der Waals surface area contributed by atoms with Crippen LogP contribution in [0.5, 0.6) is 5.75 Å². The van der Waals surface area contributed by atoms with Crippen molar-refractivity contribution in [1.82, 2.24) is 20.5 Å². The lowest BCUT2D eigenvalue weighted by Gasteiger charge is -2.10. The number of fused-ring (bicyclic) bond motifs is 3. The summed E-state index contributed by atoms with van der Waals surface area (Å²) < 4.78 is 7.82. The third-order valence-electron chi connectivity index (χ3n) is 4.80. The zero-order valence-electron chi connectivity index (χ0n) is 17.3. The summed E-state index contributed by atoms with van der Waals surface area (Å²) in [6.45, 7) is 6.71. The lowest BCUT2D eigenvalue weighted by Crippen LogP contribution is -2.26. The number of hydrogen-bond donors (Lipinski definition) is 2. The normalized spacial score (nSPS) is 11.4. The van der Waals surface area contributed by atoms with Crippen molar-refractivity contribution in [2.24, 2.45) is 5.92 Å². The molecule has 2 aromatic carbocycles. The number of aryl methyl sites for hydroxylation is 1. The highest BCUT2D eigenvalue weighted by molar-refractivity contribution is 6.33. The van der Waals surface area contributed by atoms with Gasteiger partial charge in [0.25, 0.3) is 11.6 Å². The molecule has 0 atom stereocenters. The van der Waals surface area contributed by atoms with Crippen molar-refractivity contribution >= 4 is 34.2 Å². The molecule has 0 spiro atoms. The predicted molar refractivity (Wildman–Crippen MR) is 116 cm³/mol. The highest BCUT2D eigenvalue weighted by Crippen LogP contribution is 2.30. The van der Waals surface area contributed by atoms with E-state index in [9.17, 15) is 4.79 Å². The van der Waals surface area contributed by atoms with Crippen LogP contribution in [0.4, 0.5) is 0 Å². The molecular formula is C22H23ClN5O2+. The number of aromatic amines is 1. The number of carbonyl (C=O) groups excluding carboxylic acids is 1. The van der Waals surface area contributed by atoms with Crippen molar-refractivity contribution in [3.05, 3.63) is 52.7 Å². The molecule has 0 aliphatic carbocycles. The number of nitrogens with one attached hydrogen (secondary N) is 2. The molecule has 7 nitrogen and oxygen atoms in total. The number of ether oxygens (including phenoxy) is 1. The SMILES string of the molecule is CNC(=O)c1ccc2nc(C)c3[nH]nc(-c4cc(OCC(C)C)ccc4Cl)[n+]3c2c1. The van der Waals surface area contributed by atoms with Crippen LogP contribution in [0, 0.1) is 12.8 Å². The van der Waals surface area contributed by atoms with Gasteiger partial charge in [-0.15, -0.1) is 5.10 Å². The molecule has 0 unspecified atom stereocenters. The number of carbonyl (C=O) groups is 1. The van der Waals surface area contributed by atoms with Gasteiger partial charge in [-0.2, -0.15) is 4.40 Å². The van der Waals surface area contributed by atoms with Gasteiger partial charge >= 0.3 is 5.82 Å². The molecule has 0 saturated carbocycles. The van der Waals surface area contributed by atoms with Gasteiger partial charge in [0.05, 0.1) is 17.2 Å². The van der Waals surface area contributed by atoms with Crippen LogP contribution in [0.3, 0.4) is 0 Å². The van der Waals surface area contributed by atoms with Crippen LogP contribution in [0.15, 0.2) is 36.4 Å². The number of halogens is 1. The molecule has 0 bridgehead atoms. The fourth-order valence-electron chi connectivity index (χ4n) is 3.31. The van der Waals surface area contributed by atoms with Gasteiger partial charge in [0, 0.05) is 17.7 Å². The monoisotopic (exact) mass is 424 g/mol. The van der Waals surface area contributed by atoms with Crippen LogP contribution in [-0.4, -0.2) is 34.7 Å². The molecule has 8 heteroatoms. The minimum Gasteiger partial charge on any atom is -0.493 e. The molecule has 2 N–H and O–H groups in total. The average Bonchev–Trinajstić information content (AvgIpc) is 3.18. The average molecular weight is 425 g/mol. The van der Waals surface area contributed by atoms with E-state index in [1.54, 1.807) is 25.2 Å². The van der Waals surface area contributed by atoms with Gasteiger partial charge < -0.3 is 10.1 Å². The number of aromatic nitrogens is 4. The number of rotatable bonds is 5. The first-order valence-electron chi connectivity index (χ1n) is 9.74. The molecule has 0 radical (unpaired) electrons. The minimum absolute atomic E-state index is 0.168.